The van der Waals surface area contributed by atoms with Gasteiger partial charge in [0.25, 0.3) is 5.91 Å². The SMILES string of the molecule is CC[C@@H](C(=O)Nc1ccccc1C(=O)NCC(C)C)N(c1ccc(F)cc1)S(C)(=O)=O. The summed E-state index contributed by atoms with van der Waals surface area (Å²) in [5.74, 6) is -1.19. The molecule has 0 aliphatic carbocycles. The molecule has 2 rings (SSSR count). The quantitative estimate of drug-likeness (QED) is 0.613. The number of hydrogen-bond donors (Lipinski definition) is 2. The smallest absolute Gasteiger partial charge is 0.253 e. The lowest BCUT2D eigenvalue weighted by atomic mass is 10.1. The first-order valence-corrected chi connectivity index (χ1v) is 11.8. The van der Waals surface area contributed by atoms with Crippen LogP contribution >= 0.6 is 0 Å². The molecule has 0 bridgehead atoms. The topological polar surface area (TPSA) is 95.6 Å². The molecule has 0 saturated carbocycles. The number of carbonyl (C=O) groups is 2. The van der Waals surface area contributed by atoms with Crippen LogP contribution in [0.5, 0.6) is 0 Å². The standard InChI is InChI=1S/C22H28FN3O4S/c1-5-20(26(31(4,29)30)17-12-10-16(23)11-13-17)22(28)25-19-9-7-6-8-18(19)21(27)24-14-15(2)3/h6-13,15,20H,5,14H2,1-4H3,(H,24,27)(H,25,28)/t20-/m0/s1. The van der Waals surface area contributed by atoms with Crippen molar-refractivity contribution in [3.8, 4) is 0 Å². The molecule has 2 amide bonds. The van der Waals surface area contributed by atoms with Crippen LogP contribution in [0.15, 0.2) is 48.5 Å². The second-order valence-electron chi connectivity index (χ2n) is 7.60. The van der Waals surface area contributed by atoms with Gasteiger partial charge in [0.05, 0.1) is 23.2 Å². The maximum absolute atomic E-state index is 13.3. The Morgan fingerprint density at radius 1 is 1.06 bits per heavy atom. The molecule has 168 valence electrons. The molecule has 0 saturated heterocycles. The zero-order valence-electron chi connectivity index (χ0n) is 18.1. The van der Waals surface area contributed by atoms with Crippen molar-refractivity contribution in [1.82, 2.24) is 5.32 Å². The van der Waals surface area contributed by atoms with Crippen LogP contribution in [0.4, 0.5) is 15.8 Å². The van der Waals surface area contributed by atoms with Crippen LogP contribution in [-0.4, -0.2) is 39.1 Å². The number of para-hydroxylation sites is 1. The van der Waals surface area contributed by atoms with E-state index >= 15 is 0 Å². The van der Waals surface area contributed by atoms with Crippen LogP contribution in [0.3, 0.4) is 0 Å². The number of rotatable bonds is 9. The van der Waals surface area contributed by atoms with E-state index in [1.165, 1.54) is 12.1 Å². The molecule has 2 aromatic rings. The summed E-state index contributed by atoms with van der Waals surface area (Å²) >= 11 is 0. The fourth-order valence-corrected chi connectivity index (χ4v) is 4.26. The van der Waals surface area contributed by atoms with Crippen LogP contribution in [0.2, 0.25) is 0 Å². The molecule has 0 aromatic heterocycles. The number of carbonyl (C=O) groups excluding carboxylic acids is 2. The molecule has 2 aromatic carbocycles. The molecule has 0 spiro atoms. The second kappa shape index (κ2) is 10.4. The van der Waals surface area contributed by atoms with Gasteiger partial charge in [-0.2, -0.15) is 0 Å². The molecule has 0 aliphatic heterocycles. The Kier molecular flexibility index (Phi) is 8.15. The van der Waals surface area contributed by atoms with Crippen molar-refractivity contribution >= 4 is 33.2 Å². The van der Waals surface area contributed by atoms with Crippen LogP contribution in [0.1, 0.15) is 37.6 Å². The van der Waals surface area contributed by atoms with Crippen molar-refractivity contribution in [3.63, 3.8) is 0 Å². The lowest BCUT2D eigenvalue weighted by Crippen LogP contribution is -2.47. The van der Waals surface area contributed by atoms with Gasteiger partial charge in [0, 0.05) is 6.54 Å². The lowest BCUT2D eigenvalue weighted by molar-refractivity contribution is -0.117. The number of nitrogens with zero attached hydrogens (tertiary/aromatic N) is 1. The van der Waals surface area contributed by atoms with Crippen molar-refractivity contribution in [2.45, 2.75) is 33.2 Å². The second-order valence-corrected chi connectivity index (χ2v) is 9.46. The molecule has 0 unspecified atom stereocenters. The van der Waals surface area contributed by atoms with E-state index < -0.39 is 27.8 Å². The van der Waals surface area contributed by atoms with E-state index in [0.717, 1.165) is 22.7 Å². The third-order valence-electron chi connectivity index (χ3n) is 4.51. The normalized spacial score (nSPS) is 12.3. The molecule has 9 heteroatoms. The van der Waals surface area contributed by atoms with E-state index in [2.05, 4.69) is 10.6 Å². The monoisotopic (exact) mass is 449 g/mol. The highest BCUT2D eigenvalue weighted by Crippen LogP contribution is 2.24. The molecule has 2 N–H and O–H groups in total. The third kappa shape index (κ3) is 6.52. The number of halogens is 1. The summed E-state index contributed by atoms with van der Waals surface area (Å²) in [5.41, 5.74) is 0.729. The first-order valence-electron chi connectivity index (χ1n) is 9.97. The number of hydrogen-bond acceptors (Lipinski definition) is 4. The van der Waals surface area contributed by atoms with E-state index in [9.17, 15) is 22.4 Å². The number of amides is 2. The van der Waals surface area contributed by atoms with Gasteiger partial charge in [-0.1, -0.05) is 32.9 Å². The third-order valence-corrected chi connectivity index (χ3v) is 5.69. The molecule has 31 heavy (non-hydrogen) atoms. The Bertz CT molecular complexity index is 1020. The van der Waals surface area contributed by atoms with Crippen molar-refractivity contribution in [2.24, 2.45) is 5.92 Å². The van der Waals surface area contributed by atoms with E-state index in [1.54, 1.807) is 31.2 Å². The summed E-state index contributed by atoms with van der Waals surface area (Å²) < 4.78 is 39.3. The fraction of sp³-hybridized carbons (Fsp3) is 0.364. The van der Waals surface area contributed by atoms with Gasteiger partial charge in [-0.05, 0) is 48.7 Å². The van der Waals surface area contributed by atoms with Gasteiger partial charge in [-0.25, -0.2) is 12.8 Å². The number of nitrogens with one attached hydrogen (secondary N) is 2. The van der Waals surface area contributed by atoms with E-state index in [4.69, 9.17) is 0 Å². The van der Waals surface area contributed by atoms with Crippen LogP contribution < -0.4 is 14.9 Å². The van der Waals surface area contributed by atoms with Gasteiger partial charge in [0.1, 0.15) is 11.9 Å². The summed E-state index contributed by atoms with van der Waals surface area (Å²) in [6, 6.07) is 10.3. The number of benzene rings is 2. The molecular formula is C22H28FN3O4S. The molecule has 0 aliphatic rings. The minimum absolute atomic E-state index is 0.165. The van der Waals surface area contributed by atoms with Gasteiger partial charge < -0.3 is 10.6 Å². The Morgan fingerprint density at radius 2 is 1.68 bits per heavy atom. The predicted octanol–water partition coefficient (Wildman–Crippen LogP) is 3.39. The summed E-state index contributed by atoms with van der Waals surface area (Å²) in [6.45, 7) is 6.09. The maximum atomic E-state index is 13.3. The first kappa shape index (κ1) is 24.3. The summed E-state index contributed by atoms with van der Waals surface area (Å²) in [7, 11) is -3.85. The largest absolute Gasteiger partial charge is 0.352 e. The van der Waals surface area contributed by atoms with Crippen LogP contribution in [0.25, 0.3) is 0 Å². The highest BCUT2D eigenvalue weighted by molar-refractivity contribution is 7.92. The minimum Gasteiger partial charge on any atom is -0.352 e. The Hall–Kier alpha value is -2.94. The van der Waals surface area contributed by atoms with Gasteiger partial charge in [-0.3, -0.25) is 13.9 Å². The fourth-order valence-electron chi connectivity index (χ4n) is 3.05. The summed E-state index contributed by atoms with van der Waals surface area (Å²) in [6.07, 6.45) is 1.15. The van der Waals surface area contributed by atoms with Crippen LogP contribution in [0, 0.1) is 11.7 Å². The first-order chi connectivity index (χ1) is 14.5. The lowest BCUT2D eigenvalue weighted by Gasteiger charge is -2.30. The number of anilines is 2. The minimum atomic E-state index is -3.85. The molecule has 0 radical (unpaired) electrons. The van der Waals surface area contributed by atoms with Crippen molar-refractivity contribution in [1.29, 1.82) is 0 Å². The summed E-state index contributed by atoms with van der Waals surface area (Å²) in [4.78, 5) is 25.6. The van der Waals surface area contributed by atoms with Crippen LogP contribution in [-0.2, 0) is 14.8 Å². The molecule has 1 atom stereocenters. The van der Waals surface area contributed by atoms with Gasteiger partial charge in [0.2, 0.25) is 15.9 Å². The Balaban J connectivity index is 2.34. The molecule has 7 nitrogen and oxygen atoms in total. The highest BCUT2D eigenvalue weighted by atomic mass is 32.2. The molecule has 0 heterocycles. The Morgan fingerprint density at radius 3 is 2.23 bits per heavy atom. The average molecular weight is 450 g/mol. The maximum Gasteiger partial charge on any atom is 0.253 e. The van der Waals surface area contributed by atoms with E-state index in [-0.39, 0.29) is 35.2 Å². The molecule has 0 fully saturated rings. The predicted molar refractivity (Wildman–Crippen MR) is 120 cm³/mol. The highest BCUT2D eigenvalue weighted by Gasteiger charge is 2.32. The number of sulfonamides is 1. The average Bonchev–Trinajstić information content (AvgIpc) is 2.70. The van der Waals surface area contributed by atoms with E-state index in [1.807, 2.05) is 13.8 Å². The van der Waals surface area contributed by atoms with Gasteiger partial charge in [-0.15, -0.1) is 0 Å². The zero-order valence-corrected chi connectivity index (χ0v) is 18.9. The van der Waals surface area contributed by atoms with Crippen molar-refractivity contribution in [2.75, 3.05) is 22.4 Å². The molecular weight excluding hydrogens is 421 g/mol. The van der Waals surface area contributed by atoms with E-state index in [0.29, 0.717) is 6.54 Å². The van der Waals surface area contributed by atoms with Crippen molar-refractivity contribution < 1.29 is 22.4 Å². The van der Waals surface area contributed by atoms with Gasteiger partial charge >= 0.3 is 0 Å². The van der Waals surface area contributed by atoms with Crippen molar-refractivity contribution in [3.05, 3.63) is 59.9 Å². The Labute approximate surface area is 182 Å². The van der Waals surface area contributed by atoms with Gasteiger partial charge in [0.15, 0.2) is 0 Å². The summed E-state index contributed by atoms with van der Waals surface area (Å²) in [5, 5.41) is 5.49. The zero-order chi connectivity index (χ0) is 23.2.